The minimum absolute atomic E-state index is 0.147. The summed E-state index contributed by atoms with van der Waals surface area (Å²) in [5.41, 5.74) is -0.528. The van der Waals surface area contributed by atoms with Gasteiger partial charge in [-0.05, 0) is 52.0 Å². The summed E-state index contributed by atoms with van der Waals surface area (Å²) in [5.74, 6) is -3.89. The van der Waals surface area contributed by atoms with Crippen LogP contribution in [0.2, 0.25) is 0 Å². The van der Waals surface area contributed by atoms with E-state index in [9.17, 15) is 14.2 Å². The smallest absolute Gasteiger partial charge is 0.475 e. The lowest BCUT2D eigenvalue weighted by Gasteiger charge is -2.33. The minimum Gasteiger partial charge on any atom is -0.489 e. The number of carbonyl (C=O) groups is 1. The van der Waals surface area contributed by atoms with Crippen LogP contribution in [0.5, 0.6) is 5.75 Å². The van der Waals surface area contributed by atoms with Crippen LogP contribution in [-0.2, 0) is 22.9 Å². The topological polar surface area (TPSA) is 139 Å². The highest BCUT2D eigenvalue weighted by molar-refractivity contribution is 7.48. The van der Waals surface area contributed by atoms with Gasteiger partial charge in [0.2, 0.25) is 6.23 Å². The van der Waals surface area contributed by atoms with Crippen LogP contribution in [0.1, 0.15) is 44.3 Å². The van der Waals surface area contributed by atoms with E-state index >= 15 is 8.78 Å². The number of halogens is 2. The van der Waals surface area contributed by atoms with Crippen molar-refractivity contribution >= 4 is 25.2 Å². The fraction of sp³-hybridized carbons (Fsp3) is 0.522. The van der Waals surface area contributed by atoms with Gasteiger partial charge in [0.15, 0.2) is 6.10 Å². The fourth-order valence-electron chi connectivity index (χ4n) is 4.28. The van der Waals surface area contributed by atoms with E-state index in [0.29, 0.717) is 22.6 Å². The van der Waals surface area contributed by atoms with Crippen LogP contribution in [0, 0.1) is 0 Å². The van der Waals surface area contributed by atoms with Crippen LogP contribution in [0.15, 0.2) is 35.3 Å². The van der Waals surface area contributed by atoms with E-state index in [-0.39, 0.29) is 16.9 Å². The molecule has 0 radical (unpaired) electrons. The van der Waals surface area contributed by atoms with Crippen LogP contribution in [-0.4, -0.2) is 58.4 Å². The van der Waals surface area contributed by atoms with Crippen LogP contribution in [0.25, 0.3) is 0 Å². The van der Waals surface area contributed by atoms with Crippen LogP contribution in [0.3, 0.4) is 0 Å². The molecule has 38 heavy (non-hydrogen) atoms. The summed E-state index contributed by atoms with van der Waals surface area (Å²) in [4.78, 5) is 29.2. The Hall–Kier alpha value is -2.90. The molecule has 1 aromatic carbocycles. The molecule has 0 spiro atoms. The number of anilines is 2. The summed E-state index contributed by atoms with van der Waals surface area (Å²) in [5, 5.41) is 5.77. The van der Waals surface area contributed by atoms with E-state index in [1.807, 2.05) is 13.8 Å². The van der Waals surface area contributed by atoms with Gasteiger partial charge >= 0.3 is 19.4 Å². The summed E-state index contributed by atoms with van der Waals surface area (Å²) in [6.45, 7) is 6.98. The van der Waals surface area contributed by atoms with E-state index in [1.165, 1.54) is 6.07 Å². The fourth-order valence-corrected chi connectivity index (χ4v) is 5.85. The highest BCUT2D eigenvalue weighted by atomic mass is 31.2. The molecule has 2 unspecified atom stereocenters. The highest BCUT2D eigenvalue weighted by Crippen LogP contribution is 2.60. The van der Waals surface area contributed by atoms with Crippen LogP contribution >= 0.6 is 7.82 Å². The lowest BCUT2D eigenvalue weighted by atomic mass is 10.0. The van der Waals surface area contributed by atoms with Gasteiger partial charge in [-0.1, -0.05) is 0 Å². The number of phosphoric acid groups is 1. The number of carbonyl (C=O) groups excluding carboxylic acids is 1. The number of benzene rings is 1. The molecule has 0 aliphatic carbocycles. The van der Waals surface area contributed by atoms with Gasteiger partial charge in [-0.3, -0.25) is 22.9 Å². The normalized spacial score (nSPS) is 29.1. The van der Waals surface area contributed by atoms with Crippen molar-refractivity contribution in [2.24, 2.45) is 0 Å². The van der Waals surface area contributed by atoms with E-state index in [0.717, 1.165) is 6.20 Å². The first-order valence-electron chi connectivity index (χ1n) is 11.9. The third-order valence-corrected chi connectivity index (χ3v) is 7.59. The first-order chi connectivity index (χ1) is 17.8. The van der Waals surface area contributed by atoms with E-state index in [2.05, 4.69) is 15.6 Å². The number of hydrogen-bond acceptors (Lipinski definition) is 10. The van der Waals surface area contributed by atoms with Gasteiger partial charge in [-0.25, -0.2) is 9.36 Å². The lowest BCUT2D eigenvalue weighted by molar-refractivity contribution is -0.139. The first kappa shape index (κ1) is 26.7. The Labute approximate surface area is 216 Å². The van der Waals surface area contributed by atoms with Gasteiger partial charge in [-0.2, -0.15) is 13.8 Å². The van der Waals surface area contributed by atoms with Gasteiger partial charge in [0, 0.05) is 11.8 Å². The zero-order chi connectivity index (χ0) is 27.5. The number of fused-ring (bicyclic) bond motifs is 2. The first-order valence-corrected chi connectivity index (χ1v) is 13.3. The quantitative estimate of drug-likeness (QED) is 0.526. The van der Waals surface area contributed by atoms with Crippen molar-refractivity contribution in [3.8, 4) is 5.75 Å². The Morgan fingerprint density at radius 3 is 2.79 bits per heavy atom. The second kappa shape index (κ2) is 9.38. The average Bonchev–Trinajstić information content (AvgIpc) is 3.07. The van der Waals surface area contributed by atoms with Gasteiger partial charge in [-0.15, -0.1) is 0 Å². The third-order valence-electron chi connectivity index (χ3n) is 5.96. The molecular weight excluding hydrogens is 529 g/mol. The third kappa shape index (κ3) is 5.06. The number of hydrogen-bond donors (Lipinski definition) is 2. The molecule has 3 aliphatic rings. The maximum Gasteiger partial charge on any atom is 0.475 e. The largest absolute Gasteiger partial charge is 0.489 e. The Morgan fingerprint density at radius 1 is 1.32 bits per heavy atom. The van der Waals surface area contributed by atoms with E-state index in [4.69, 9.17) is 23.0 Å². The molecule has 4 atom stereocenters. The Kier molecular flexibility index (Phi) is 6.59. The van der Waals surface area contributed by atoms with E-state index in [1.54, 1.807) is 32.0 Å². The van der Waals surface area contributed by atoms with E-state index < -0.39 is 56.5 Å². The second-order valence-corrected chi connectivity index (χ2v) is 11.7. The van der Waals surface area contributed by atoms with Crippen LogP contribution in [0.4, 0.5) is 20.3 Å². The number of aromatic nitrogens is 2. The summed E-state index contributed by atoms with van der Waals surface area (Å²) in [6, 6.07) is 5.99. The second-order valence-electron chi connectivity index (χ2n) is 10.1. The molecule has 5 rings (SSSR count). The number of nitrogens with one attached hydrogen (secondary N) is 2. The summed E-state index contributed by atoms with van der Waals surface area (Å²) >= 11 is 0. The maximum absolute atomic E-state index is 15.3. The minimum atomic E-state index is -4.24. The monoisotopic (exact) mass is 556 g/mol. The van der Waals surface area contributed by atoms with Crippen molar-refractivity contribution < 1.29 is 41.2 Å². The highest BCUT2D eigenvalue weighted by Gasteiger charge is 2.65. The molecular formula is C23H27F2N4O8P. The number of nitrogens with zero attached hydrogens (tertiary/aromatic N) is 2. The SMILES string of the molecule is CC(C)OP1(=O)OC[C@H]2OC(n3ccc(NC(=O)c4ccc5c(c4)NC(C)(C)CO5)nc3=O)C(F)(F)[C@@H]2O1. The zero-order valence-electron chi connectivity index (χ0n) is 21.0. The molecule has 15 heteroatoms. The predicted octanol–water partition coefficient (Wildman–Crippen LogP) is 3.56. The number of rotatable bonds is 5. The molecule has 2 aromatic rings. The van der Waals surface area contributed by atoms with Crippen molar-refractivity contribution in [2.45, 2.75) is 63.7 Å². The number of amides is 1. The summed E-state index contributed by atoms with van der Waals surface area (Å²) < 4.78 is 69.8. The Bertz CT molecular complexity index is 1370. The molecule has 2 N–H and O–H groups in total. The Morgan fingerprint density at radius 2 is 2.08 bits per heavy atom. The molecule has 2 fully saturated rings. The zero-order valence-corrected chi connectivity index (χ0v) is 21.9. The molecule has 3 aliphatic heterocycles. The molecule has 0 saturated carbocycles. The number of ether oxygens (including phenoxy) is 2. The van der Waals surface area contributed by atoms with Crippen molar-refractivity contribution in [1.82, 2.24) is 9.55 Å². The van der Waals surface area contributed by atoms with Gasteiger partial charge in [0.25, 0.3) is 5.91 Å². The van der Waals surface area contributed by atoms with Gasteiger partial charge < -0.3 is 20.1 Å². The molecule has 206 valence electrons. The summed E-state index contributed by atoms with van der Waals surface area (Å²) in [6.07, 6.45) is -4.95. The number of phosphoric ester groups is 1. The van der Waals surface area contributed by atoms with Crippen molar-refractivity contribution in [2.75, 3.05) is 23.8 Å². The summed E-state index contributed by atoms with van der Waals surface area (Å²) in [7, 11) is -4.24. The van der Waals surface area contributed by atoms with Crippen LogP contribution < -0.4 is 21.1 Å². The molecule has 1 aromatic heterocycles. The molecule has 2 saturated heterocycles. The van der Waals surface area contributed by atoms with Gasteiger partial charge in [0.05, 0.1) is 23.9 Å². The average molecular weight is 556 g/mol. The maximum atomic E-state index is 15.3. The van der Waals surface area contributed by atoms with Crippen molar-refractivity contribution in [3.05, 3.63) is 46.5 Å². The molecule has 4 heterocycles. The standard InChI is InChI=1S/C23H27F2N4O8P/c1-12(2)36-38(32)34-10-16-18(37-38)23(24,25)20(35-16)29-8-7-17(27-21(29)31)26-19(30)13-5-6-15-14(9-13)28-22(3,4)11-33-15/h5-9,12,16,18,20,28H,10-11H2,1-4H3,(H,26,27,30,31)/t16-,18-,20?,38?/m1/s1. The van der Waals surface area contributed by atoms with Crippen molar-refractivity contribution in [1.29, 1.82) is 0 Å². The van der Waals surface area contributed by atoms with Crippen molar-refractivity contribution in [3.63, 3.8) is 0 Å². The van der Waals surface area contributed by atoms with Gasteiger partial charge in [0.1, 0.15) is 24.3 Å². The number of alkyl halides is 2. The Balaban J connectivity index is 1.32. The molecule has 12 nitrogen and oxygen atoms in total. The predicted molar refractivity (Wildman–Crippen MR) is 130 cm³/mol. The molecule has 0 bridgehead atoms. The molecule has 1 amide bonds. The lowest BCUT2D eigenvalue weighted by Crippen LogP contribution is -2.45.